The highest BCUT2D eigenvalue weighted by Crippen LogP contribution is 2.30. The van der Waals surface area contributed by atoms with E-state index in [1.807, 2.05) is 6.08 Å². The van der Waals surface area contributed by atoms with Crippen LogP contribution in [-0.2, 0) is 6.42 Å². The third kappa shape index (κ3) is 7.81. The quantitative estimate of drug-likeness (QED) is 0.495. The van der Waals surface area contributed by atoms with Crippen LogP contribution < -0.4 is 0 Å². The summed E-state index contributed by atoms with van der Waals surface area (Å²) in [5, 5.41) is 28.5. The second kappa shape index (κ2) is 10.6. The number of aryl methyl sites for hydroxylation is 1. The van der Waals surface area contributed by atoms with Crippen molar-refractivity contribution in [1.29, 1.82) is 0 Å². The van der Waals surface area contributed by atoms with Crippen molar-refractivity contribution in [1.82, 2.24) is 0 Å². The minimum absolute atomic E-state index is 0.372. The zero-order valence-electron chi connectivity index (χ0n) is 15.5. The first-order valence-corrected chi connectivity index (χ1v) is 10.1. The Kier molecular flexibility index (Phi) is 8.49. The topological polar surface area (TPSA) is 60.7 Å². The lowest BCUT2D eigenvalue weighted by molar-refractivity contribution is 0.0857. The Balaban J connectivity index is 1.77. The number of benzene rings is 1. The lowest BCUT2D eigenvalue weighted by Gasteiger charge is -2.15. The van der Waals surface area contributed by atoms with Gasteiger partial charge in [0.2, 0.25) is 0 Å². The van der Waals surface area contributed by atoms with Crippen molar-refractivity contribution in [3.63, 3.8) is 0 Å². The third-order valence-electron chi connectivity index (χ3n) is 4.50. The van der Waals surface area contributed by atoms with Gasteiger partial charge < -0.3 is 15.3 Å². The number of hydrogen-bond donors (Lipinski definition) is 3. The lowest BCUT2D eigenvalue weighted by Crippen LogP contribution is -2.14. The maximum Gasteiger partial charge on any atom is 0.111 e. The highest BCUT2D eigenvalue weighted by atomic mass is 32.2. The van der Waals surface area contributed by atoms with Crippen molar-refractivity contribution in [2.24, 2.45) is 5.92 Å². The lowest BCUT2D eigenvalue weighted by atomic mass is 9.93. The van der Waals surface area contributed by atoms with Crippen LogP contribution in [0.2, 0.25) is 0 Å². The van der Waals surface area contributed by atoms with Crippen LogP contribution in [0.3, 0.4) is 0 Å². The van der Waals surface area contributed by atoms with Crippen LogP contribution in [0.4, 0.5) is 0 Å². The normalized spacial score (nSPS) is 19.0. The minimum Gasteiger partial charge on any atom is -0.508 e. The van der Waals surface area contributed by atoms with E-state index in [9.17, 15) is 15.3 Å². The summed E-state index contributed by atoms with van der Waals surface area (Å²) in [6, 6.07) is 8.53. The summed E-state index contributed by atoms with van der Waals surface area (Å²) in [4.78, 5) is 2.21. The first-order valence-electron chi connectivity index (χ1n) is 9.30. The molecule has 0 amide bonds. The van der Waals surface area contributed by atoms with E-state index in [1.165, 1.54) is 10.5 Å². The molecule has 2 unspecified atom stereocenters. The van der Waals surface area contributed by atoms with Crippen LogP contribution in [0.25, 0.3) is 0 Å². The monoisotopic (exact) mass is 374 g/mol. The van der Waals surface area contributed by atoms with Crippen LogP contribution in [0, 0.1) is 5.92 Å². The maximum atomic E-state index is 9.85. The molecule has 0 aromatic heterocycles. The van der Waals surface area contributed by atoms with E-state index in [-0.39, 0.29) is 0 Å². The Morgan fingerprint density at radius 2 is 2.15 bits per heavy atom. The molecule has 0 saturated heterocycles. The Labute approximate surface area is 161 Å². The van der Waals surface area contributed by atoms with E-state index in [2.05, 4.69) is 36.9 Å². The molecule has 0 fully saturated rings. The molecule has 142 valence electrons. The zero-order valence-corrected chi connectivity index (χ0v) is 16.3. The Hall–Kier alpha value is -1.49. The number of thioether (sulfide) groups is 1. The van der Waals surface area contributed by atoms with Gasteiger partial charge in [0.25, 0.3) is 0 Å². The van der Waals surface area contributed by atoms with Crippen molar-refractivity contribution < 1.29 is 15.3 Å². The van der Waals surface area contributed by atoms with E-state index >= 15 is 0 Å². The summed E-state index contributed by atoms with van der Waals surface area (Å²) in [6.45, 7) is 5.80. The van der Waals surface area contributed by atoms with Gasteiger partial charge in [-0.05, 0) is 86.1 Å². The van der Waals surface area contributed by atoms with Crippen LogP contribution in [-0.4, -0.2) is 27.5 Å². The highest BCUT2D eigenvalue weighted by molar-refractivity contribution is 8.03. The molecule has 3 N–H and O–H groups in total. The molecule has 1 aromatic carbocycles. The van der Waals surface area contributed by atoms with Gasteiger partial charge in [0.05, 0.1) is 12.2 Å². The van der Waals surface area contributed by atoms with Gasteiger partial charge >= 0.3 is 0 Å². The molecule has 1 aromatic rings. The highest BCUT2D eigenvalue weighted by Gasteiger charge is 2.11. The molecule has 0 aliphatic heterocycles. The average molecular weight is 375 g/mol. The van der Waals surface area contributed by atoms with Crippen molar-refractivity contribution in [3.8, 4) is 0 Å². The van der Waals surface area contributed by atoms with E-state index in [4.69, 9.17) is 0 Å². The van der Waals surface area contributed by atoms with Gasteiger partial charge in [0, 0.05) is 4.90 Å². The molecule has 0 heterocycles. The summed E-state index contributed by atoms with van der Waals surface area (Å²) in [7, 11) is 0. The first kappa shape index (κ1) is 20.8. The number of aliphatic hydroxyl groups excluding tert-OH is 3. The maximum absolute atomic E-state index is 9.85. The van der Waals surface area contributed by atoms with Gasteiger partial charge in [-0.1, -0.05) is 36.5 Å². The number of aliphatic hydroxyl groups is 3. The molecule has 0 saturated carbocycles. The standard InChI is InChI=1S/C22H30O3S/c1-16(23)14-21(25)11-6-17(2)26-22-5-3-4-19(15-22)8-7-18-9-12-20(24)13-10-18/h3-5,9,12-13,15-16,18,21,23-25H,2,6-8,10-11,14H2,1H3/t16-,18?,21?/m1/s1. The molecule has 0 bridgehead atoms. The predicted octanol–water partition coefficient (Wildman–Crippen LogP) is 5.16. The molecule has 4 heteroatoms. The summed E-state index contributed by atoms with van der Waals surface area (Å²) < 4.78 is 0. The molecular formula is C22H30O3S. The van der Waals surface area contributed by atoms with Gasteiger partial charge in [-0.3, -0.25) is 0 Å². The Morgan fingerprint density at radius 3 is 2.85 bits per heavy atom. The third-order valence-corrected chi connectivity index (χ3v) is 5.49. The van der Waals surface area contributed by atoms with Crippen LogP contribution in [0.1, 0.15) is 44.6 Å². The van der Waals surface area contributed by atoms with E-state index in [0.717, 1.165) is 30.6 Å². The molecule has 2 rings (SSSR count). The Bertz CT molecular complexity index is 649. The van der Waals surface area contributed by atoms with Gasteiger partial charge in [0.15, 0.2) is 0 Å². The summed E-state index contributed by atoms with van der Waals surface area (Å²) in [5.41, 5.74) is 1.31. The second-order valence-corrected chi connectivity index (χ2v) is 8.34. The van der Waals surface area contributed by atoms with Crippen LogP contribution >= 0.6 is 11.8 Å². The molecule has 3 nitrogen and oxygen atoms in total. The molecule has 0 spiro atoms. The van der Waals surface area contributed by atoms with Gasteiger partial charge in [0.1, 0.15) is 5.76 Å². The number of allylic oxidation sites excluding steroid dienone is 4. The summed E-state index contributed by atoms with van der Waals surface area (Å²) in [6.07, 6.45) is 9.59. The molecule has 1 aliphatic rings. The van der Waals surface area contributed by atoms with E-state index < -0.39 is 12.2 Å². The smallest absolute Gasteiger partial charge is 0.111 e. The fourth-order valence-electron chi connectivity index (χ4n) is 3.04. The zero-order chi connectivity index (χ0) is 18.9. The second-order valence-electron chi connectivity index (χ2n) is 7.09. The summed E-state index contributed by atoms with van der Waals surface area (Å²) in [5.74, 6) is 0.865. The van der Waals surface area contributed by atoms with Crippen LogP contribution in [0.5, 0.6) is 0 Å². The van der Waals surface area contributed by atoms with Crippen molar-refractivity contribution in [2.45, 2.75) is 62.6 Å². The molecule has 0 radical (unpaired) electrons. The fourth-order valence-corrected chi connectivity index (χ4v) is 3.95. The molecule has 1 aliphatic carbocycles. The molecular weight excluding hydrogens is 344 g/mol. The van der Waals surface area contributed by atoms with E-state index in [1.54, 1.807) is 24.8 Å². The van der Waals surface area contributed by atoms with Crippen molar-refractivity contribution >= 4 is 11.8 Å². The van der Waals surface area contributed by atoms with Gasteiger partial charge in [-0.2, -0.15) is 0 Å². The van der Waals surface area contributed by atoms with Crippen molar-refractivity contribution in [2.75, 3.05) is 0 Å². The average Bonchev–Trinajstić information content (AvgIpc) is 2.59. The SMILES string of the molecule is C=C(CCC(O)C[C@@H](C)O)Sc1cccc(CCC2C=CC(O)=CC2)c1. The van der Waals surface area contributed by atoms with Gasteiger partial charge in [-0.25, -0.2) is 0 Å². The van der Waals surface area contributed by atoms with Gasteiger partial charge in [-0.15, -0.1) is 0 Å². The molecule has 3 atom stereocenters. The number of rotatable bonds is 10. The van der Waals surface area contributed by atoms with Crippen molar-refractivity contribution in [3.05, 3.63) is 65.3 Å². The largest absolute Gasteiger partial charge is 0.508 e. The Morgan fingerprint density at radius 1 is 1.35 bits per heavy atom. The first-order chi connectivity index (χ1) is 12.4. The molecule has 26 heavy (non-hydrogen) atoms. The predicted molar refractivity (Wildman–Crippen MR) is 109 cm³/mol. The van der Waals surface area contributed by atoms with E-state index in [0.29, 0.717) is 24.5 Å². The summed E-state index contributed by atoms with van der Waals surface area (Å²) >= 11 is 1.66. The number of hydrogen-bond acceptors (Lipinski definition) is 4. The fraction of sp³-hybridized carbons (Fsp3) is 0.455. The minimum atomic E-state index is -0.476. The van der Waals surface area contributed by atoms with Crippen LogP contribution in [0.15, 0.2) is 64.6 Å².